The fourth-order valence-electron chi connectivity index (χ4n) is 10.8. The summed E-state index contributed by atoms with van der Waals surface area (Å²) in [6, 6.07) is 59.6. The first-order chi connectivity index (χ1) is 30.4. The number of phenolic OH excluding ortho intramolecular Hbond substituents is 2. The Morgan fingerprint density at radius 3 is 1.06 bits per heavy atom. The number of benzene rings is 8. The lowest BCUT2D eigenvalue weighted by atomic mass is 9.79. The van der Waals surface area contributed by atoms with E-state index in [0.717, 1.165) is 93.7 Å². The predicted octanol–water partition coefficient (Wildman–Crippen LogP) is 10.9. The molecule has 0 aromatic heterocycles. The molecule has 8 aromatic rings. The molecule has 2 atom stereocenters. The highest BCUT2D eigenvalue weighted by Crippen LogP contribution is 2.50. The van der Waals surface area contributed by atoms with Crippen molar-refractivity contribution in [3.63, 3.8) is 0 Å². The Labute approximate surface area is 363 Å². The molecule has 6 nitrogen and oxygen atoms in total. The maximum Gasteiger partial charge on any atom is 0.130 e. The van der Waals surface area contributed by atoms with Gasteiger partial charge in [0.25, 0.3) is 0 Å². The summed E-state index contributed by atoms with van der Waals surface area (Å²) >= 11 is 0. The minimum Gasteiger partial charge on any atom is -0.507 e. The monoisotopic (exact) mass is 816 g/mol. The van der Waals surface area contributed by atoms with Crippen LogP contribution in [0.3, 0.4) is 0 Å². The molecular weight excluding hydrogens is 765 g/mol. The number of nitrogens with zero attached hydrogens (tertiary/aromatic N) is 2. The number of phenols is 2. The van der Waals surface area contributed by atoms with Gasteiger partial charge in [0.15, 0.2) is 0 Å². The maximum atomic E-state index is 12.9. The van der Waals surface area contributed by atoms with Crippen molar-refractivity contribution in [2.45, 2.75) is 62.1 Å². The Morgan fingerprint density at radius 2 is 0.726 bits per heavy atom. The third-order valence-corrected chi connectivity index (χ3v) is 13.7. The van der Waals surface area contributed by atoms with Crippen molar-refractivity contribution < 1.29 is 20.4 Å². The summed E-state index contributed by atoms with van der Waals surface area (Å²) in [5.41, 5.74) is 3.45. The molecule has 10 rings (SSSR count). The first kappa shape index (κ1) is 39.8. The molecule has 8 aromatic carbocycles. The molecule has 0 spiro atoms. The summed E-state index contributed by atoms with van der Waals surface area (Å²) in [5, 5.41) is 54.9. The third-order valence-electron chi connectivity index (χ3n) is 13.7. The Kier molecular flexibility index (Phi) is 10.6. The molecule has 0 bridgehead atoms. The van der Waals surface area contributed by atoms with Crippen LogP contribution in [0.5, 0.6) is 11.5 Å². The number of hydrogen-bond acceptors (Lipinski definition) is 6. The second kappa shape index (κ2) is 16.5. The molecule has 62 heavy (non-hydrogen) atoms. The number of likely N-dealkylation sites (tertiary alicyclic amines) is 2. The van der Waals surface area contributed by atoms with Crippen LogP contribution in [0.15, 0.2) is 182 Å². The van der Waals surface area contributed by atoms with Gasteiger partial charge in [-0.25, -0.2) is 0 Å². The van der Waals surface area contributed by atoms with E-state index in [0.29, 0.717) is 24.2 Å². The first-order valence-electron chi connectivity index (χ1n) is 22.0. The van der Waals surface area contributed by atoms with Gasteiger partial charge in [-0.05, 0) is 94.7 Å². The van der Waals surface area contributed by atoms with Gasteiger partial charge in [-0.3, -0.25) is 9.80 Å². The lowest BCUT2D eigenvalue weighted by molar-refractivity contribution is -0.00688. The number of aliphatic hydroxyl groups is 2. The summed E-state index contributed by atoms with van der Waals surface area (Å²) < 4.78 is 0. The molecule has 0 unspecified atom stereocenters. The Morgan fingerprint density at radius 1 is 0.419 bits per heavy atom. The van der Waals surface area contributed by atoms with Crippen molar-refractivity contribution in [1.29, 1.82) is 0 Å². The van der Waals surface area contributed by atoms with Gasteiger partial charge < -0.3 is 20.4 Å². The van der Waals surface area contributed by atoms with Crippen LogP contribution in [0, 0.1) is 0 Å². The zero-order valence-electron chi connectivity index (χ0n) is 34.8. The topological polar surface area (TPSA) is 87.4 Å². The first-order valence-corrected chi connectivity index (χ1v) is 22.0. The Bertz CT molecular complexity index is 2560. The molecule has 2 fully saturated rings. The van der Waals surface area contributed by atoms with Crippen LogP contribution in [-0.2, 0) is 24.3 Å². The summed E-state index contributed by atoms with van der Waals surface area (Å²) in [6.45, 7) is 2.32. The second-order valence-corrected chi connectivity index (χ2v) is 17.2. The SMILES string of the molecule is Oc1c(CN2CCC[C@H]2C(O)(c2ccccc2)c2ccccc2)cc2ccccc2c1-c1c(O)c(CN2CCC[C@H]2C(O)(c2ccccc2)c2ccccc2)cc2ccccc12. The Balaban J connectivity index is 1.08. The maximum absolute atomic E-state index is 12.9. The third kappa shape index (κ3) is 6.84. The summed E-state index contributed by atoms with van der Waals surface area (Å²) in [6.07, 6.45) is 3.39. The van der Waals surface area contributed by atoms with Crippen molar-refractivity contribution in [2.24, 2.45) is 0 Å². The van der Waals surface area contributed by atoms with Crippen molar-refractivity contribution in [1.82, 2.24) is 9.80 Å². The van der Waals surface area contributed by atoms with Gasteiger partial charge in [-0.15, -0.1) is 0 Å². The normalized spacial score (nSPS) is 17.6. The fraction of sp³-hybridized carbons (Fsp3) is 0.214. The number of rotatable bonds is 11. The highest BCUT2D eigenvalue weighted by molar-refractivity contribution is 6.10. The van der Waals surface area contributed by atoms with Crippen LogP contribution in [0.25, 0.3) is 32.7 Å². The average Bonchev–Trinajstić information content (AvgIpc) is 4.01. The molecule has 2 heterocycles. The van der Waals surface area contributed by atoms with Crippen molar-refractivity contribution in [3.8, 4) is 22.6 Å². The molecular formula is C56H52N2O4. The van der Waals surface area contributed by atoms with E-state index in [1.807, 2.05) is 158 Å². The smallest absolute Gasteiger partial charge is 0.130 e. The number of aromatic hydroxyl groups is 2. The molecule has 0 amide bonds. The van der Waals surface area contributed by atoms with Gasteiger partial charge in [0.05, 0.1) is 0 Å². The number of fused-ring (bicyclic) bond motifs is 2. The molecule has 0 aliphatic carbocycles. The van der Waals surface area contributed by atoms with Gasteiger partial charge in [0, 0.05) is 47.4 Å². The van der Waals surface area contributed by atoms with Crippen LogP contribution in [0.4, 0.5) is 0 Å². The Hall–Kier alpha value is -6.28. The molecule has 6 heteroatoms. The average molecular weight is 817 g/mol. The standard InChI is InChI=1S/C56H52N2O4/c59-53-41(37-57-33-17-31-49(57)55(61,43-21-5-1-6-22-43)44-23-7-2-8-24-44)35-39-19-13-15-29-47(39)51(53)52-48-30-16-14-20-40(48)36-42(54(52)60)38-58-34-18-32-50(58)56(62,45-25-9-3-10-26-45)46-27-11-4-12-28-46/h1-16,19-30,35-36,49-50,59-62H,17-18,31-34,37-38H2/t49-,50-/m0/s1. The van der Waals surface area contributed by atoms with E-state index >= 15 is 0 Å². The lowest BCUT2D eigenvalue weighted by Crippen LogP contribution is -2.48. The van der Waals surface area contributed by atoms with Gasteiger partial charge in [0.1, 0.15) is 22.7 Å². The zero-order chi connectivity index (χ0) is 42.3. The van der Waals surface area contributed by atoms with Gasteiger partial charge >= 0.3 is 0 Å². The lowest BCUT2D eigenvalue weighted by Gasteiger charge is -2.40. The summed E-state index contributed by atoms with van der Waals surface area (Å²) in [7, 11) is 0. The molecule has 310 valence electrons. The van der Waals surface area contributed by atoms with Crippen LogP contribution < -0.4 is 0 Å². The van der Waals surface area contributed by atoms with E-state index in [-0.39, 0.29) is 23.6 Å². The molecule has 0 saturated carbocycles. The van der Waals surface area contributed by atoms with E-state index in [1.165, 1.54) is 0 Å². The van der Waals surface area contributed by atoms with Gasteiger partial charge in [-0.2, -0.15) is 0 Å². The van der Waals surface area contributed by atoms with Crippen LogP contribution >= 0.6 is 0 Å². The van der Waals surface area contributed by atoms with E-state index < -0.39 is 11.2 Å². The van der Waals surface area contributed by atoms with Crippen molar-refractivity contribution in [3.05, 3.63) is 215 Å². The molecule has 2 aliphatic heterocycles. The number of hydrogen-bond donors (Lipinski definition) is 4. The van der Waals surface area contributed by atoms with E-state index in [9.17, 15) is 20.4 Å². The highest BCUT2D eigenvalue weighted by Gasteiger charge is 2.47. The largest absolute Gasteiger partial charge is 0.507 e. The van der Waals surface area contributed by atoms with Crippen molar-refractivity contribution >= 4 is 21.5 Å². The minimum atomic E-state index is -1.28. The molecule has 2 saturated heterocycles. The fourth-order valence-corrected chi connectivity index (χ4v) is 10.8. The van der Waals surface area contributed by atoms with E-state index in [2.05, 4.69) is 34.1 Å². The highest BCUT2D eigenvalue weighted by atomic mass is 16.3. The van der Waals surface area contributed by atoms with Gasteiger partial charge in [-0.1, -0.05) is 170 Å². The van der Waals surface area contributed by atoms with E-state index in [4.69, 9.17) is 0 Å². The predicted molar refractivity (Wildman–Crippen MR) is 249 cm³/mol. The van der Waals surface area contributed by atoms with Crippen LogP contribution in [-0.4, -0.2) is 55.4 Å². The molecule has 0 radical (unpaired) electrons. The quantitative estimate of drug-likeness (QED) is 0.104. The second-order valence-electron chi connectivity index (χ2n) is 17.2. The zero-order valence-corrected chi connectivity index (χ0v) is 34.8. The summed E-state index contributed by atoms with van der Waals surface area (Å²) in [4.78, 5) is 4.63. The van der Waals surface area contributed by atoms with E-state index in [1.54, 1.807) is 0 Å². The van der Waals surface area contributed by atoms with Crippen LogP contribution in [0.2, 0.25) is 0 Å². The summed E-state index contributed by atoms with van der Waals surface area (Å²) in [5.74, 6) is 0.244. The van der Waals surface area contributed by atoms with Gasteiger partial charge in [0.2, 0.25) is 0 Å². The van der Waals surface area contributed by atoms with Crippen LogP contribution in [0.1, 0.15) is 59.1 Å². The molecule has 2 aliphatic rings. The minimum absolute atomic E-state index is 0.122. The van der Waals surface area contributed by atoms with Crippen molar-refractivity contribution in [2.75, 3.05) is 13.1 Å². The molecule has 4 N–H and O–H groups in total.